The van der Waals surface area contributed by atoms with Crippen LogP contribution < -0.4 is 0 Å². The zero-order chi connectivity index (χ0) is 30.3. The highest BCUT2D eigenvalue weighted by atomic mass is 79.9. The number of alkyl halides is 1. The van der Waals surface area contributed by atoms with Crippen LogP contribution in [0.25, 0.3) is 11.0 Å². The Morgan fingerprint density at radius 2 is 1.98 bits per heavy atom. The molecule has 1 N–H and O–H groups in total. The van der Waals surface area contributed by atoms with E-state index in [0.29, 0.717) is 18.5 Å². The summed E-state index contributed by atoms with van der Waals surface area (Å²) in [6, 6.07) is 6.11. The second-order valence-corrected chi connectivity index (χ2v) is 14.3. The zero-order valence-corrected chi connectivity index (χ0v) is 26.7. The quantitative estimate of drug-likeness (QED) is 0.276. The normalized spacial score (nSPS) is 29.4. The Labute approximate surface area is 259 Å². The number of aliphatic hydroxyl groups is 1. The number of likely N-dealkylation sites (tertiary alicyclic amines) is 1. The highest BCUT2D eigenvalue weighted by Gasteiger charge is 2.76. The molecule has 3 aliphatic heterocycles. The van der Waals surface area contributed by atoms with Gasteiger partial charge in [0.1, 0.15) is 18.2 Å². The number of hydrogen-bond donors (Lipinski definition) is 1. The van der Waals surface area contributed by atoms with Crippen molar-refractivity contribution in [3.8, 4) is 0 Å². The average Bonchev–Trinajstić information content (AvgIpc) is 3.70. The molecule has 3 saturated heterocycles. The molecular weight excluding hydrogens is 620 g/mol. The molecule has 12 heteroatoms. The molecule has 3 aliphatic rings. The second kappa shape index (κ2) is 12.1. The van der Waals surface area contributed by atoms with Crippen LogP contribution >= 0.6 is 27.7 Å². The molecule has 0 saturated carbocycles. The maximum absolute atomic E-state index is 14.8. The third-order valence-corrected chi connectivity index (χ3v) is 12.5. The molecule has 1 aromatic carbocycles. The van der Waals surface area contributed by atoms with Crippen molar-refractivity contribution in [1.82, 2.24) is 29.7 Å². The predicted molar refractivity (Wildman–Crippen MR) is 167 cm³/mol. The van der Waals surface area contributed by atoms with Crippen molar-refractivity contribution in [3.63, 3.8) is 0 Å². The lowest BCUT2D eigenvalue weighted by Crippen LogP contribution is -2.59. The summed E-state index contributed by atoms with van der Waals surface area (Å²) in [5.41, 5.74) is 1.50. The van der Waals surface area contributed by atoms with Crippen LogP contribution in [0.15, 0.2) is 49.6 Å². The molecule has 2 aromatic rings. The molecule has 10 nitrogen and oxygen atoms in total. The van der Waals surface area contributed by atoms with Crippen molar-refractivity contribution in [2.75, 3.05) is 26.7 Å². The fraction of sp³-hybridized carbons (Fsp3) is 0.567. The van der Waals surface area contributed by atoms with Crippen molar-refractivity contribution in [3.05, 3.63) is 49.6 Å². The van der Waals surface area contributed by atoms with E-state index >= 15 is 0 Å². The number of likely N-dealkylation sites (N-methyl/N-ethyl adjacent to an activating group) is 1. The molecule has 1 spiro atoms. The fourth-order valence-corrected chi connectivity index (χ4v) is 10.7. The highest BCUT2D eigenvalue weighted by Crippen LogP contribution is 2.68. The number of fused-ring (bicyclic) bond motifs is 2. The van der Waals surface area contributed by atoms with Crippen LogP contribution in [0.5, 0.6) is 0 Å². The molecule has 5 rings (SSSR count). The van der Waals surface area contributed by atoms with E-state index < -0.39 is 28.7 Å². The van der Waals surface area contributed by atoms with Gasteiger partial charge in [-0.15, -0.1) is 30.0 Å². The molecular formula is C30H39BrN6O4S. The molecule has 8 atom stereocenters. The summed E-state index contributed by atoms with van der Waals surface area (Å²) in [5.74, 6) is -1.91. The number of aliphatic hydroxyl groups excluding tert-OH is 1. The van der Waals surface area contributed by atoms with Crippen LogP contribution in [0.3, 0.4) is 0 Å². The number of amides is 3. The Hall–Kier alpha value is -2.70. The number of hydrogen-bond acceptors (Lipinski definition) is 7. The van der Waals surface area contributed by atoms with Gasteiger partial charge < -0.3 is 19.8 Å². The topological polar surface area (TPSA) is 112 Å². The summed E-state index contributed by atoms with van der Waals surface area (Å²) in [4.78, 5) is 48.1. The third-order valence-electron chi connectivity index (χ3n) is 9.26. The average molecular weight is 660 g/mol. The monoisotopic (exact) mass is 658 g/mol. The van der Waals surface area contributed by atoms with E-state index in [1.165, 1.54) is 0 Å². The summed E-state index contributed by atoms with van der Waals surface area (Å²) >= 11 is 5.42. The lowest BCUT2D eigenvalue weighted by atomic mass is 9.70. The van der Waals surface area contributed by atoms with Gasteiger partial charge in [-0.25, -0.2) is 4.68 Å². The molecule has 3 fully saturated rings. The Morgan fingerprint density at radius 3 is 2.64 bits per heavy atom. The molecule has 0 aliphatic carbocycles. The second-order valence-electron chi connectivity index (χ2n) is 11.6. The maximum atomic E-state index is 14.8. The van der Waals surface area contributed by atoms with Crippen molar-refractivity contribution in [2.45, 2.75) is 60.3 Å². The molecule has 2 bridgehead atoms. The summed E-state index contributed by atoms with van der Waals surface area (Å²) in [6.45, 7) is 12.1. The fourth-order valence-electron chi connectivity index (χ4n) is 7.07. The van der Waals surface area contributed by atoms with Gasteiger partial charge in [-0.2, -0.15) is 0 Å². The lowest BCUT2D eigenvalue weighted by molar-refractivity contribution is -0.148. The van der Waals surface area contributed by atoms with Gasteiger partial charge in [0, 0.05) is 30.2 Å². The van der Waals surface area contributed by atoms with Gasteiger partial charge in [0.2, 0.25) is 17.7 Å². The molecule has 0 radical (unpaired) electrons. The number of aromatic nitrogens is 3. The Morgan fingerprint density at radius 1 is 1.26 bits per heavy atom. The molecule has 3 unspecified atom stereocenters. The van der Waals surface area contributed by atoms with Crippen molar-refractivity contribution in [1.29, 1.82) is 0 Å². The van der Waals surface area contributed by atoms with Crippen LogP contribution in [0.2, 0.25) is 0 Å². The number of nitrogens with zero attached hydrogens (tertiary/aromatic N) is 6. The Balaban J connectivity index is 1.60. The summed E-state index contributed by atoms with van der Waals surface area (Å²) in [7, 11) is 1.72. The first-order chi connectivity index (χ1) is 20.1. The van der Waals surface area contributed by atoms with Crippen molar-refractivity contribution in [2.24, 2.45) is 17.8 Å². The largest absolute Gasteiger partial charge is 0.394 e. The minimum atomic E-state index is -0.867. The minimum Gasteiger partial charge on any atom is -0.394 e. The summed E-state index contributed by atoms with van der Waals surface area (Å²) in [5, 5.41) is 19.0. The molecule has 4 heterocycles. The van der Waals surface area contributed by atoms with Gasteiger partial charge in [0.25, 0.3) is 0 Å². The van der Waals surface area contributed by atoms with Crippen molar-refractivity contribution < 1.29 is 19.5 Å². The summed E-state index contributed by atoms with van der Waals surface area (Å²) < 4.78 is 0.849. The molecule has 226 valence electrons. The first-order valence-electron chi connectivity index (χ1n) is 14.4. The van der Waals surface area contributed by atoms with E-state index in [4.69, 9.17) is 0 Å². The Kier molecular flexibility index (Phi) is 8.87. The maximum Gasteiger partial charge on any atom is 0.248 e. The minimum absolute atomic E-state index is 0.0452. The third kappa shape index (κ3) is 4.79. The van der Waals surface area contributed by atoms with Crippen LogP contribution in [-0.2, 0) is 21.1 Å². The smallest absolute Gasteiger partial charge is 0.248 e. The van der Waals surface area contributed by atoms with Gasteiger partial charge in [-0.3, -0.25) is 14.4 Å². The number of carbonyl (C=O) groups is 3. The number of carbonyl (C=O) groups excluding carboxylic acids is 3. The molecule has 1 aromatic heterocycles. The van der Waals surface area contributed by atoms with E-state index in [1.807, 2.05) is 38.1 Å². The van der Waals surface area contributed by atoms with Gasteiger partial charge in [-0.05, 0) is 24.5 Å². The number of rotatable bonds is 12. The van der Waals surface area contributed by atoms with Gasteiger partial charge >= 0.3 is 0 Å². The van der Waals surface area contributed by atoms with Crippen LogP contribution in [0, 0.1) is 17.8 Å². The predicted octanol–water partition coefficient (Wildman–Crippen LogP) is 2.92. The molecule has 42 heavy (non-hydrogen) atoms. The van der Waals surface area contributed by atoms with E-state index in [2.05, 4.69) is 39.4 Å². The van der Waals surface area contributed by atoms with E-state index in [9.17, 15) is 19.5 Å². The van der Waals surface area contributed by atoms with Crippen LogP contribution in [-0.4, -0.2) is 106 Å². The van der Waals surface area contributed by atoms with Gasteiger partial charge in [-0.1, -0.05) is 65.7 Å². The number of halogens is 1. The summed E-state index contributed by atoms with van der Waals surface area (Å²) in [6.07, 6.45) is 4.61. The number of benzene rings is 1. The van der Waals surface area contributed by atoms with Crippen LogP contribution in [0.1, 0.15) is 26.7 Å². The van der Waals surface area contributed by atoms with E-state index in [-0.39, 0.29) is 53.5 Å². The first kappa shape index (κ1) is 30.7. The molecule has 3 amide bonds. The number of thioether (sulfide) groups is 1. The first-order valence-corrected chi connectivity index (χ1v) is 16.2. The number of para-hydroxylation sites is 1. The lowest BCUT2D eigenvalue weighted by Gasteiger charge is -2.41. The van der Waals surface area contributed by atoms with Crippen LogP contribution in [0.4, 0.5) is 0 Å². The standard InChI is InChI=1S/C30H39BrN6O4S/c1-6-13-34(5)27(39)23-24-28(40)37(22(16-38)18(4)8-3)26(30(24)15-19(31)25(23)42-30)29(41)35(14-7-2)17-36-21-12-10-9-11-20(21)32-33-36/h6-7,9-12,18-19,22-26,38H,1-2,8,13-17H2,3-5H3/t18-,19?,22-,23-,24-,25-,26?,30?/m0/s1. The van der Waals surface area contributed by atoms with Gasteiger partial charge in [0.05, 0.1) is 34.7 Å². The van der Waals surface area contributed by atoms with E-state index in [0.717, 1.165) is 11.9 Å². The van der Waals surface area contributed by atoms with E-state index in [1.54, 1.807) is 50.3 Å². The van der Waals surface area contributed by atoms with Crippen molar-refractivity contribution >= 4 is 56.4 Å². The van der Waals surface area contributed by atoms with Gasteiger partial charge in [0.15, 0.2) is 0 Å². The highest BCUT2D eigenvalue weighted by molar-refractivity contribution is 9.09. The Bertz CT molecular complexity index is 1390. The zero-order valence-electron chi connectivity index (χ0n) is 24.3. The SMILES string of the molecule is C=CCN(C)C(=O)[C@H]1[C@H]2C(=O)N([C@@H](CO)[C@@H](C)CC)C(C(=O)N(CC=C)Cn3nnc4ccccc43)C23CC(Br)[C@@H]1S3.